The molecule has 1 aliphatic rings. The van der Waals surface area contributed by atoms with E-state index in [1.807, 2.05) is 0 Å². The van der Waals surface area contributed by atoms with Crippen molar-refractivity contribution < 1.29 is 0 Å². The predicted molar refractivity (Wildman–Crippen MR) is 245 cm³/mol. The van der Waals surface area contributed by atoms with Gasteiger partial charge in [-0.25, -0.2) is 0 Å². The SMILES string of the molecule is CC1(C)c2ccc(-c3c4ccccc4c(-c4cccc(-c5ccc6ccccc6c5)c4)c4ccccc34)cc2-c2ccc3c4ccccc4c4ccccc4c3c21. The van der Waals surface area contributed by atoms with E-state index in [2.05, 4.69) is 208 Å². The van der Waals surface area contributed by atoms with Crippen molar-refractivity contribution in [2.45, 2.75) is 19.3 Å². The maximum atomic E-state index is 2.49. The van der Waals surface area contributed by atoms with Gasteiger partial charge in [0.15, 0.2) is 0 Å². The van der Waals surface area contributed by atoms with Gasteiger partial charge in [0.05, 0.1) is 0 Å². The van der Waals surface area contributed by atoms with E-state index in [0.29, 0.717) is 0 Å². The van der Waals surface area contributed by atoms with Crippen LogP contribution < -0.4 is 0 Å². The first-order chi connectivity index (χ1) is 28.0. The van der Waals surface area contributed by atoms with E-state index in [0.717, 1.165) is 0 Å². The van der Waals surface area contributed by atoms with Crippen LogP contribution in [0.3, 0.4) is 0 Å². The van der Waals surface area contributed by atoms with Crippen LogP contribution >= 0.6 is 0 Å². The molecule has 0 N–H and O–H groups in total. The molecule has 0 heteroatoms. The minimum atomic E-state index is -0.169. The third-order valence-corrected chi connectivity index (χ3v) is 13.0. The van der Waals surface area contributed by atoms with E-state index in [1.165, 1.54) is 120 Å². The molecule has 12 rings (SSSR count). The molecule has 0 spiro atoms. The zero-order valence-electron chi connectivity index (χ0n) is 32.0. The van der Waals surface area contributed by atoms with Gasteiger partial charge in [0.2, 0.25) is 0 Å². The number of hydrogen-bond acceptors (Lipinski definition) is 0. The fourth-order valence-corrected chi connectivity index (χ4v) is 10.4. The molecule has 0 fully saturated rings. The van der Waals surface area contributed by atoms with Crippen LogP contribution in [0.15, 0.2) is 194 Å². The Balaban J connectivity index is 1.08. The van der Waals surface area contributed by atoms with Crippen LogP contribution in [-0.2, 0) is 5.41 Å². The minimum absolute atomic E-state index is 0.169. The zero-order chi connectivity index (χ0) is 37.8. The minimum Gasteiger partial charge on any atom is -0.0616 e. The van der Waals surface area contributed by atoms with Gasteiger partial charge in [-0.05, 0) is 138 Å². The quantitative estimate of drug-likeness (QED) is 0.126. The Labute approximate surface area is 332 Å². The molecular formula is C57H38. The summed E-state index contributed by atoms with van der Waals surface area (Å²) in [6.07, 6.45) is 0. The maximum absolute atomic E-state index is 2.49. The average molecular weight is 723 g/mol. The molecular weight excluding hydrogens is 685 g/mol. The van der Waals surface area contributed by atoms with Crippen molar-refractivity contribution in [2.75, 3.05) is 0 Å². The van der Waals surface area contributed by atoms with E-state index in [9.17, 15) is 0 Å². The molecule has 0 aromatic heterocycles. The standard InChI is InChI=1S/C57H38/c1-57(2)52-31-28-40(34-51(52)50-30-29-49-43-20-6-5-18-41(43)42-19-7-8-21-44(42)55(49)56(50)57)54-47-24-11-9-22-45(47)53(46-23-10-12-25-48(46)54)39-17-13-16-37(33-39)38-27-26-35-14-3-4-15-36(35)32-38/h3-34H,1-2H3. The second-order valence-corrected chi connectivity index (χ2v) is 16.4. The summed E-state index contributed by atoms with van der Waals surface area (Å²) in [5, 5.41) is 15.6. The number of benzene rings is 11. The largest absolute Gasteiger partial charge is 0.0616 e. The summed E-state index contributed by atoms with van der Waals surface area (Å²) in [7, 11) is 0. The Morgan fingerprint density at radius 3 is 1.42 bits per heavy atom. The van der Waals surface area contributed by atoms with Gasteiger partial charge < -0.3 is 0 Å². The normalized spacial score (nSPS) is 13.2. The monoisotopic (exact) mass is 722 g/mol. The Hall–Kier alpha value is -7.02. The predicted octanol–water partition coefficient (Wildman–Crippen LogP) is 15.9. The van der Waals surface area contributed by atoms with Gasteiger partial charge in [0, 0.05) is 5.41 Å². The third-order valence-electron chi connectivity index (χ3n) is 13.0. The summed E-state index contributed by atoms with van der Waals surface area (Å²) in [5.74, 6) is 0. The summed E-state index contributed by atoms with van der Waals surface area (Å²) in [4.78, 5) is 0. The average Bonchev–Trinajstić information content (AvgIpc) is 3.50. The second kappa shape index (κ2) is 12.0. The number of hydrogen-bond donors (Lipinski definition) is 0. The zero-order valence-corrected chi connectivity index (χ0v) is 32.0. The Morgan fingerprint density at radius 2 is 0.772 bits per heavy atom. The van der Waals surface area contributed by atoms with E-state index >= 15 is 0 Å². The molecule has 0 atom stereocenters. The van der Waals surface area contributed by atoms with Crippen LogP contribution in [0, 0.1) is 0 Å². The van der Waals surface area contributed by atoms with Gasteiger partial charge in [-0.3, -0.25) is 0 Å². The van der Waals surface area contributed by atoms with Crippen LogP contribution in [0.25, 0.3) is 109 Å². The molecule has 0 heterocycles. The molecule has 0 amide bonds. The lowest BCUT2D eigenvalue weighted by Crippen LogP contribution is -2.15. The van der Waals surface area contributed by atoms with Crippen LogP contribution in [0.5, 0.6) is 0 Å². The molecule has 0 aliphatic heterocycles. The highest BCUT2D eigenvalue weighted by Gasteiger charge is 2.38. The molecule has 11 aromatic rings. The molecule has 0 nitrogen and oxygen atoms in total. The van der Waals surface area contributed by atoms with Crippen LogP contribution in [0.1, 0.15) is 25.0 Å². The lowest BCUT2D eigenvalue weighted by molar-refractivity contribution is 0.667. The Bertz CT molecular complexity index is 3400. The van der Waals surface area contributed by atoms with Gasteiger partial charge in [0.1, 0.15) is 0 Å². The van der Waals surface area contributed by atoms with Crippen molar-refractivity contribution >= 4 is 64.6 Å². The molecule has 0 saturated heterocycles. The molecule has 11 aromatic carbocycles. The third kappa shape index (κ3) is 4.62. The van der Waals surface area contributed by atoms with Gasteiger partial charge in [-0.15, -0.1) is 0 Å². The van der Waals surface area contributed by atoms with Crippen molar-refractivity contribution in [1.82, 2.24) is 0 Å². The maximum Gasteiger partial charge on any atom is 0.0165 e. The summed E-state index contributed by atoms with van der Waals surface area (Å²) in [6.45, 7) is 4.85. The molecule has 266 valence electrons. The van der Waals surface area contributed by atoms with Gasteiger partial charge in [-0.1, -0.05) is 190 Å². The molecule has 57 heavy (non-hydrogen) atoms. The number of fused-ring (bicyclic) bond motifs is 13. The van der Waals surface area contributed by atoms with Crippen LogP contribution in [0.2, 0.25) is 0 Å². The van der Waals surface area contributed by atoms with Gasteiger partial charge in [0.25, 0.3) is 0 Å². The van der Waals surface area contributed by atoms with Crippen molar-refractivity contribution in [3.63, 3.8) is 0 Å². The van der Waals surface area contributed by atoms with Gasteiger partial charge >= 0.3 is 0 Å². The highest BCUT2D eigenvalue weighted by molar-refractivity contribution is 6.28. The first-order valence-corrected chi connectivity index (χ1v) is 20.1. The van der Waals surface area contributed by atoms with Crippen molar-refractivity contribution in [3.8, 4) is 44.5 Å². The van der Waals surface area contributed by atoms with E-state index < -0.39 is 0 Å². The summed E-state index contributed by atoms with van der Waals surface area (Å²) < 4.78 is 0. The van der Waals surface area contributed by atoms with Crippen molar-refractivity contribution in [3.05, 3.63) is 205 Å². The lowest BCUT2D eigenvalue weighted by atomic mass is 9.78. The smallest absolute Gasteiger partial charge is 0.0165 e. The molecule has 1 aliphatic carbocycles. The van der Waals surface area contributed by atoms with E-state index in [4.69, 9.17) is 0 Å². The first-order valence-electron chi connectivity index (χ1n) is 20.1. The molecule has 0 bridgehead atoms. The molecule has 0 radical (unpaired) electrons. The molecule has 0 saturated carbocycles. The summed E-state index contributed by atoms with van der Waals surface area (Å²) in [6, 6.07) is 72.6. The second-order valence-electron chi connectivity index (χ2n) is 16.4. The van der Waals surface area contributed by atoms with E-state index in [-0.39, 0.29) is 5.41 Å². The lowest BCUT2D eigenvalue weighted by Gasteiger charge is -2.25. The highest BCUT2D eigenvalue weighted by atomic mass is 14.4. The number of rotatable bonds is 3. The summed E-state index contributed by atoms with van der Waals surface area (Å²) >= 11 is 0. The Kier molecular flexibility index (Phi) is 6.78. The van der Waals surface area contributed by atoms with Gasteiger partial charge in [-0.2, -0.15) is 0 Å². The summed E-state index contributed by atoms with van der Waals surface area (Å²) in [5.41, 5.74) is 12.9. The fraction of sp³-hybridized carbons (Fsp3) is 0.0526. The van der Waals surface area contributed by atoms with E-state index in [1.54, 1.807) is 0 Å². The highest BCUT2D eigenvalue weighted by Crippen LogP contribution is 2.55. The van der Waals surface area contributed by atoms with Crippen molar-refractivity contribution in [2.24, 2.45) is 0 Å². The Morgan fingerprint density at radius 1 is 0.298 bits per heavy atom. The fourth-order valence-electron chi connectivity index (χ4n) is 10.4. The first kappa shape index (κ1) is 32.2. The van der Waals surface area contributed by atoms with Crippen LogP contribution in [0.4, 0.5) is 0 Å². The van der Waals surface area contributed by atoms with Crippen LogP contribution in [-0.4, -0.2) is 0 Å². The molecule has 0 unspecified atom stereocenters. The van der Waals surface area contributed by atoms with Crippen molar-refractivity contribution in [1.29, 1.82) is 0 Å². The topological polar surface area (TPSA) is 0 Å².